The first kappa shape index (κ1) is 35.7. The Kier molecular flexibility index (Phi) is 10.5. The minimum Gasteiger partial charge on any atom is -0.449 e. The molecule has 0 radical (unpaired) electrons. The monoisotopic (exact) mass is 714 g/mol. The minimum atomic E-state index is 0.223. The molecular weight excluding hydrogens is 673 g/mol. The van der Waals surface area contributed by atoms with Gasteiger partial charge in [-0.05, 0) is 114 Å². The van der Waals surface area contributed by atoms with Crippen molar-refractivity contribution in [1.82, 2.24) is 0 Å². The lowest BCUT2D eigenvalue weighted by molar-refractivity contribution is 0.326. The summed E-state index contributed by atoms with van der Waals surface area (Å²) in [6.45, 7) is 12.2. The third-order valence-corrected chi connectivity index (χ3v) is 8.68. The summed E-state index contributed by atoms with van der Waals surface area (Å²) in [6, 6.07) is 46.6. The Labute approximate surface area is 317 Å². The molecule has 0 unspecified atom stereocenters. The van der Waals surface area contributed by atoms with Crippen LogP contribution in [0.25, 0.3) is 0 Å². The molecule has 0 saturated carbocycles. The molecule has 6 heteroatoms. The molecule has 0 fully saturated rings. The van der Waals surface area contributed by atoms with Gasteiger partial charge in [-0.1, -0.05) is 106 Å². The van der Waals surface area contributed by atoms with Crippen LogP contribution >= 0.6 is 0 Å². The highest BCUT2D eigenvalue weighted by Gasteiger charge is 2.35. The Morgan fingerprint density at radius 1 is 0.185 bits per heavy atom. The highest BCUT2D eigenvalue weighted by Crippen LogP contribution is 2.63. The summed E-state index contributed by atoms with van der Waals surface area (Å²) in [4.78, 5) is 0. The summed E-state index contributed by atoms with van der Waals surface area (Å²) in [5.41, 5.74) is 6.52. The van der Waals surface area contributed by atoms with Gasteiger partial charge in [0, 0.05) is 0 Å². The van der Waals surface area contributed by atoms with E-state index in [1.54, 1.807) is 0 Å². The fourth-order valence-electron chi connectivity index (χ4n) is 5.52. The zero-order valence-corrected chi connectivity index (χ0v) is 31.3. The summed E-state index contributed by atoms with van der Waals surface area (Å²) < 4.78 is 41.0. The van der Waals surface area contributed by atoms with Gasteiger partial charge in [0.2, 0.25) is 34.5 Å². The van der Waals surface area contributed by atoms with Gasteiger partial charge < -0.3 is 28.4 Å². The number of benzene rings is 7. The maximum absolute atomic E-state index is 6.84. The smallest absolute Gasteiger partial charge is 0.220 e. The van der Waals surface area contributed by atoms with Crippen molar-refractivity contribution in [3.63, 3.8) is 0 Å². The topological polar surface area (TPSA) is 55.4 Å². The Hall–Kier alpha value is -6.66. The molecule has 0 aliphatic heterocycles. The number of hydrogen-bond acceptors (Lipinski definition) is 6. The molecule has 7 rings (SSSR count). The van der Waals surface area contributed by atoms with E-state index in [0.29, 0.717) is 34.5 Å². The summed E-state index contributed by atoms with van der Waals surface area (Å²) in [6.07, 6.45) is 0. The zero-order chi connectivity index (χ0) is 37.6. The number of rotatable bonds is 12. The van der Waals surface area contributed by atoms with Gasteiger partial charge in [0.1, 0.15) is 34.5 Å². The van der Waals surface area contributed by atoms with E-state index >= 15 is 0 Å². The molecule has 0 aliphatic carbocycles. The third-order valence-electron chi connectivity index (χ3n) is 8.68. The fraction of sp³-hybridized carbons (Fsp3) is 0.125. The van der Waals surface area contributed by atoms with Crippen LogP contribution in [0.5, 0.6) is 69.0 Å². The van der Waals surface area contributed by atoms with Crippen LogP contribution in [0.3, 0.4) is 0 Å². The summed E-state index contributed by atoms with van der Waals surface area (Å²) in [5, 5.41) is 0. The van der Waals surface area contributed by atoms with Crippen LogP contribution in [0.4, 0.5) is 0 Å². The quantitative estimate of drug-likeness (QED) is 0.126. The lowest BCUT2D eigenvalue weighted by Crippen LogP contribution is -2.03. The summed E-state index contributed by atoms with van der Waals surface area (Å²) >= 11 is 0. The Morgan fingerprint density at radius 2 is 0.296 bits per heavy atom. The van der Waals surface area contributed by atoms with E-state index in [1.807, 2.05) is 187 Å². The molecule has 0 heterocycles. The molecule has 0 N–H and O–H groups in total. The Morgan fingerprint density at radius 3 is 0.407 bits per heavy atom. The first-order valence-corrected chi connectivity index (χ1v) is 17.9. The second kappa shape index (κ2) is 15.9. The van der Waals surface area contributed by atoms with Crippen molar-refractivity contribution in [2.45, 2.75) is 41.5 Å². The van der Waals surface area contributed by atoms with Crippen LogP contribution in [0.15, 0.2) is 146 Å². The van der Waals surface area contributed by atoms with E-state index in [4.69, 9.17) is 28.4 Å². The maximum atomic E-state index is 6.84. The molecule has 7 aromatic carbocycles. The largest absolute Gasteiger partial charge is 0.449 e. The Bertz CT molecular complexity index is 1870. The van der Waals surface area contributed by atoms with Crippen molar-refractivity contribution in [1.29, 1.82) is 0 Å². The van der Waals surface area contributed by atoms with Gasteiger partial charge in [0.05, 0.1) is 0 Å². The van der Waals surface area contributed by atoms with Gasteiger partial charge in [-0.2, -0.15) is 0 Å². The van der Waals surface area contributed by atoms with E-state index in [-0.39, 0.29) is 34.5 Å². The first-order valence-electron chi connectivity index (χ1n) is 17.9. The first-order chi connectivity index (χ1) is 26.2. The Balaban J connectivity index is 1.57. The van der Waals surface area contributed by atoms with Gasteiger partial charge in [-0.3, -0.25) is 0 Å². The van der Waals surface area contributed by atoms with Gasteiger partial charge in [-0.15, -0.1) is 0 Å². The number of hydrogen-bond donors (Lipinski definition) is 0. The van der Waals surface area contributed by atoms with Crippen molar-refractivity contribution in [3.05, 3.63) is 179 Å². The highest BCUT2D eigenvalue weighted by atomic mass is 16.6. The van der Waals surface area contributed by atoms with Gasteiger partial charge >= 0.3 is 0 Å². The lowest BCUT2D eigenvalue weighted by Gasteiger charge is -2.25. The fourth-order valence-corrected chi connectivity index (χ4v) is 5.52. The number of ether oxygens (including phenoxy) is 6. The van der Waals surface area contributed by atoms with Crippen molar-refractivity contribution < 1.29 is 28.4 Å². The van der Waals surface area contributed by atoms with Gasteiger partial charge in [-0.25, -0.2) is 0 Å². The molecule has 0 aliphatic rings. The second-order valence-electron chi connectivity index (χ2n) is 13.5. The molecule has 0 amide bonds. The van der Waals surface area contributed by atoms with Crippen LogP contribution in [0, 0.1) is 41.5 Å². The molecule has 0 atom stereocenters. The van der Waals surface area contributed by atoms with E-state index in [1.165, 1.54) is 0 Å². The summed E-state index contributed by atoms with van der Waals surface area (Å²) in [5.74, 6) is 4.66. The van der Waals surface area contributed by atoms with Crippen LogP contribution in [0.2, 0.25) is 0 Å². The van der Waals surface area contributed by atoms with Crippen molar-refractivity contribution in [2.24, 2.45) is 0 Å². The van der Waals surface area contributed by atoms with E-state index in [0.717, 1.165) is 33.4 Å². The predicted molar refractivity (Wildman–Crippen MR) is 214 cm³/mol. The molecule has 54 heavy (non-hydrogen) atoms. The summed E-state index contributed by atoms with van der Waals surface area (Å²) in [7, 11) is 0. The van der Waals surface area contributed by atoms with E-state index < -0.39 is 0 Å². The van der Waals surface area contributed by atoms with Crippen molar-refractivity contribution in [3.8, 4) is 69.0 Å². The molecule has 7 aromatic rings. The SMILES string of the molecule is Cc1ccc(Oc2c(Oc3ccc(C)cc3)c(Oc3ccc(C)cc3)c(Oc3ccc(C)cc3)c(Oc3ccc(C)cc3)c2Oc2ccc(C)cc2)cc1. The molecule has 0 spiro atoms. The van der Waals surface area contributed by atoms with Gasteiger partial charge in [0.25, 0.3) is 0 Å². The third kappa shape index (κ3) is 8.68. The predicted octanol–water partition coefficient (Wildman–Crippen LogP) is 14.3. The average Bonchev–Trinajstić information content (AvgIpc) is 3.17. The molecular formula is C48H42O6. The zero-order valence-electron chi connectivity index (χ0n) is 31.3. The molecule has 0 aromatic heterocycles. The highest BCUT2D eigenvalue weighted by molar-refractivity contribution is 5.77. The average molecular weight is 715 g/mol. The lowest BCUT2D eigenvalue weighted by atomic mass is 10.1. The van der Waals surface area contributed by atoms with E-state index in [9.17, 15) is 0 Å². The normalized spacial score (nSPS) is 10.8. The molecule has 270 valence electrons. The second-order valence-corrected chi connectivity index (χ2v) is 13.5. The number of aryl methyl sites for hydroxylation is 6. The van der Waals surface area contributed by atoms with Crippen LogP contribution in [-0.4, -0.2) is 0 Å². The van der Waals surface area contributed by atoms with Crippen LogP contribution in [0.1, 0.15) is 33.4 Å². The van der Waals surface area contributed by atoms with Crippen LogP contribution < -0.4 is 28.4 Å². The molecule has 6 nitrogen and oxygen atoms in total. The molecule has 0 saturated heterocycles. The van der Waals surface area contributed by atoms with Gasteiger partial charge in [0.15, 0.2) is 0 Å². The molecule has 0 bridgehead atoms. The van der Waals surface area contributed by atoms with Crippen LogP contribution in [-0.2, 0) is 0 Å². The maximum Gasteiger partial charge on any atom is 0.220 e. The van der Waals surface area contributed by atoms with Crippen molar-refractivity contribution in [2.75, 3.05) is 0 Å². The standard InChI is InChI=1S/C48H42O6/c1-31-7-19-37(20-8-31)49-43-44(50-38-21-9-32(2)10-22-38)46(52-40-25-13-34(4)14-26-40)48(54-42-29-17-36(6)18-30-42)47(53-41-27-15-35(5)16-28-41)45(43)51-39-23-11-33(3)12-24-39/h7-30H,1-6H3. The van der Waals surface area contributed by atoms with E-state index in [2.05, 4.69) is 0 Å². The van der Waals surface area contributed by atoms with Crippen molar-refractivity contribution >= 4 is 0 Å². The minimum absolute atomic E-state index is 0.223.